The van der Waals surface area contributed by atoms with Crippen molar-refractivity contribution in [3.05, 3.63) is 71.1 Å². The quantitative estimate of drug-likeness (QED) is 0.509. The fourth-order valence-corrected chi connectivity index (χ4v) is 5.61. The van der Waals surface area contributed by atoms with E-state index in [9.17, 15) is 13.2 Å². The van der Waals surface area contributed by atoms with Crippen molar-refractivity contribution in [2.45, 2.75) is 62.8 Å². The molecule has 0 aliphatic heterocycles. The minimum Gasteiger partial charge on any atom is -0.407 e. The first-order valence-corrected chi connectivity index (χ1v) is 13.1. The zero-order chi connectivity index (χ0) is 24.1. The van der Waals surface area contributed by atoms with Gasteiger partial charge in [-0.2, -0.15) is 4.31 Å². The van der Waals surface area contributed by atoms with Gasteiger partial charge in [0.25, 0.3) is 5.91 Å². The van der Waals surface area contributed by atoms with E-state index in [1.165, 1.54) is 34.1 Å². The van der Waals surface area contributed by atoms with Gasteiger partial charge in [-0.15, -0.1) is 5.10 Å². The monoisotopic (exact) mass is 482 g/mol. The standard InChI is InChI=1S/C25H30N4O4S/c1-3-18-9-11-19(12-10-18)17-23-27-28-25(33-23)26-24(30)20-13-15-22(16-14-20)34(31,32)29(2)21-7-5-4-6-8-21/h9-16,21H,3-8,17H2,1-2H3,(H,26,28,30). The van der Waals surface area contributed by atoms with Gasteiger partial charge in [-0.05, 0) is 54.7 Å². The Kier molecular flexibility index (Phi) is 7.43. The number of nitrogens with zero attached hydrogens (tertiary/aromatic N) is 3. The first-order chi connectivity index (χ1) is 16.4. The number of hydrogen-bond acceptors (Lipinski definition) is 6. The summed E-state index contributed by atoms with van der Waals surface area (Å²) in [5, 5.41) is 10.5. The number of rotatable bonds is 8. The second-order valence-corrected chi connectivity index (χ2v) is 10.6. The zero-order valence-electron chi connectivity index (χ0n) is 19.5. The van der Waals surface area contributed by atoms with E-state index in [0.29, 0.717) is 17.9 Å². The minimum atomic E-state index is -3.61. The number of nitrogens with one attached hydrogen (secondary N) is 1. The third-order valence-electron chi connectivity index (χ3n) is 6.36. The smallest absolute Gasteiger partial charge is 0.322 e. The van der Waals surface area contributed by atoms with Crippen molar-refractivity contribution in [3.8, 4) is 0 Å². The van der Waals surface area contributed by atoms with Gasteiger partial charge in [0.05, 0.1) is 11.3 Å². The fourth-order valence-electron chi connectivity index (χ4n) is 4.20. The molecule has 0 spiro atoms. The molecule has 1 amide bonds. The molecule has 1 saturated carbocycles. The summed E-state index contributed by atoms with van der Waals surface area (Å²) in [7, 11) is -1.97. The topological polar surface area (TPSA) is 105 Å². The predicted octanol–water partition coefficient (Wildman–Crippen LogP) is 4.43. The summed E-state index contributed by atoms with van der Waals surface area (Å²) in [5.74, 6) is -0.0566. The first kappa shape index (κ1) is 24.1. The Morgan fingerprint density at radius 1 is 1.00 bits per heavy atom. The number of aromatic nitrogens is 2. The highest BCUT2D eigenvalue weighted by atomic mass is 32.2. The molecular formula is C25H30N4O4S. The molecule has 34 heavy (non-hydrogen) atoms. The summed E-state index contributed by atoms with van der Waals surface area (Å²) in [6.45, 7) is 2.10. The number of sulfonamides is 1. The van der Waals surface area contributed by atoms with Crippen LogP contribution in [0.4, 0.5) is 6.01 Å². The summed E-state index contributed by atoms with van der Waals surface area (Å²) in [6, 6.07) is 14.1. The Morgan fingerprint density at radius 3 is 2.29 bits per heavy atom. The van der Waals surface area contributed by atoms with E-state index < -0.39 is 15.9 Å². The van der Waals surface area contributed by atoms with Gasteiger partial charge in [0.2, 0.25) is 15.9 Å². The molecule has 1 aliphatic carbocycles. The van der Waals surface area contributed by atoms with Crippen LogP contribution < -0.4 is 5.32 Å². The van der Waals surface area contributed by atoms with Crippen molar-refractivity contribution in [3.63, 3.8) is 0 Å². The lowest BCUT2D eigenvalue weighted by molar-refractivity contribution is 0.102. The number of carbonyl (C=O) groups is 1. The lowest BCUT2D eigenvalue weighted by Crippen LogP contribution is -2.38. The third kappa shape index (κ3) is 5.53. The molecule has 9 heteroatoms. The van der Waals surface area contributed by atoms with Crippen LogP contribution in [0.3, 0.4) is 0 Å². The van der Waals surface area contributed by atoms with Gasteiger partial charge in [0.15, 0.2) is 0 Å². The van der Waals surface area contributed by atoms with E-state index in [1.54, 1.807) is 7.05 Å². The van der Waals surface area contributed by atoms with Crippen molar-refractivity contribution in [2.24, 2.45) is 0 Å². The molecule has 0 unspecified atom stereocenters. The van der Waals surface area contributed by atoms with Crippen LogP contribution in [-0.4, -0.2) is 41.9 Å². The van der Waals surface area contributed by atoms with E-state index in [2.05, 4.69) is 34.6 Å². The Bertz CT molecular complexity index is 1210. The van der Waals surface area contributed by atoms with Crippen LogP contribution in [-0.2, 0) is 22.9 Å². The van der Waals surface area contributed by atoms with Crippen LogP contribution in [0.5, 0.6) is 0 Å². The van der Waals surface area contributed by atoms with Gasteiger partial charge >= 0.3 is 6.01 Å². The molecule has 8 nitrogen and oxygen atoms in total. The molecule has 0 bridgehead atoms. The highest BCUT2D eigenvalue weighted by Crippen LogP contribution is 2.26. The highest BCUT2D eigenvalue weighted by Gasteiger charge is 2.29. The molecule has 4 rings (SSSR count). The average molecular weight is 483 g/mol. The Balaban J connectivity index is 1.38. The molecule has 0 saturated heterocycles. The Morgan fingerprint density at radius 2 is 1.65 bits per heavy atom. The maximum absolute atomic E-state index is 13.0. The van der Waals surface area contributed by atoms with Crippen LogP contribution >= 0.6 is 0 Å². The molecule has 1 aliphatic rings. The maximum atomic E-state index is 13.0. The largest absolute Gasteiger partial charge is 0.407 e. The van der Waals surface area contributed by atoms with Crippen LogP contribution in [0.1, 0.15) is 66.4 Å². The lowest BCUT2D eigenvalue weighted by Gasteiger charge is -2.30. The first-order valence-electron chi connectivity index (χ1n) is 11.7. The maximum Gasteiger partial charge on any atom is 0.322 e. The SMILES string of the molecule is CCc1ccc(Cc2nnc(NC(=O)c3ccc(S(=O)(=O)N(C)C4CCCCC4)cc3)o2)cc1. The van der Waals surface area contributed by atoms with Crippen molar-refractivity contribution in [1.29, 1.82) is 0 Å². The lowest BCUT2D eigenvalue weighted by atomic mass is 9.96. The molecule has 1 aromatic heterocycles. The highest BCUT2D eigenvalue weighted by molar-refractivity contribution is 7.89. The van der Waals surface area contributed by atoms with Crippen molar-refractivity contribution < 1.29 is 17.6 Å². The number of anilines is 1. The molecule has 180 valence electrons. The molecule has 1 heterocycles. The fraction of sp³-hybridized carbons (Fsp3) is 0.400. The number of benzene rings is 2. The summed E-state index contributed by atoms with van der Waals surface area (Å²) < 4.78 is 33.0. The van der Waals surface area contributed by atoms with Crippen molar-refractivity contribution in [2.75, 3.05) is 12.4 Å². The number of hydrogen-bond donors (Lipinski definition) is 1. The summed E-state index contributed by atoms with van der Waals surface area (Å²) in [4.78, 5) is 12.8. The number of carbonyl (C=O) groups excluding carboxylic acids is 1. The van der Waals surface area contributed by atoms with Gasteiger partial charge in [0.1, 0.15) is 0 Å². The third-order valence-corrected chi connectivity index (χ3v) is 8.28. The van der Waals surface area contributed by atoms with Crippen molar-refractivity contribution >= 4 is 21.9 Å². The number of amides is 1. The van der Waals surface area contributed by atoms with Gasteiger partial charge in [-0.25, -0.2) is 8.42 Å². The molecule has 0 radical (unpaired) electrons. The van der Waals surface area contributed by atoms with E-state index in [4.69, 9.17) is 4.42 Å². The normalized spacial score (nSPS) is 14.9. The molecule has 1 fully saturated rings. The van der Waals surface area contributed by atoms with Gasteiger partial charge < -0.3 is 4.42 Å². The average Bonchev–Trinajstić information content (AvgIpc) is 3.31. The van der Waals surface area contributed by atoms with Gasteiger partial charge in [-0.1, -0.05) is 55.6 Å². The second kappa shape index (κ2) is 10.5. The van der Waals surface area contributed by atoms with Crippen LogP contribution in [0.25, 0.3) is 0 Å². The van der Waals surface area contributed by atoms with E-state index >= 15 is 0 Å². The predicted molar refractivity (Wildman–Crippen MR) is 129 cm³/mol. The van der Waals surface area contributed by atoms with Crippen LogP contribution in [0.15, 0.2) is 57.8 Å². The molecule has 1 N–H and O–H groups in total. The van der Waals surface area contributed by atoms with Crippen LogP contribution in [0.2, 0.25) is 0 Å². The Labute approximate surface area is 200 Å². The molecule has 0 atom stereocenters. The van der Waals surface area contributed by atoms with E-state index in [-0.39, 0.29) is 17.0 Å². The number of aryl methyl sites for hydroxylation is 1. The molecule has 3 aromatic rings. The van der Waals surface area contributed by atoms with Gasteiger partial charge in [-0.3, -0.25) is 10.1 Å². The summed E-state index contributed by atoms with van der Waals surface area (Å²) in [6.07, 6.45) is 6.45. The van der Waals surface area contributed by atoms with E-state index in [0.717, 1.165) is 44.1 Å². The Hall–Kier alpha value is -3.04. The molecular weight excluding hydrogens is 452 g/mol. The zero-order valence-corrected chi connectivity index (χ0v) is 20.3. The summed E-state index contributed by atoms with van der Waals surface area (Å²) in [5.41, 5.74) is 2.59. The van der Waals surface area contributed by atoms with Crippen LogP contribution in [0, 0.1) is 0 Å². The van der Waals surface area contributed by atoms with Crippen molar-refractivity contribution in [1.82, 2.24) is 14.5 Å². The summed E-state index contributed by atoms with van der Waals surface area (Å²) >= 11 is 0. The van der Waals surface area contributed by atoms with Gasteiger partial charge in [0, 0.05) is 18.7 Å². The molecule has 2 aromatic carbocycles. The van der Waals surface area contributed by atoms with E-state index in [1.807, 2.05) is 12.1 Å². The second-order valence-electron chi connectivity index (χ2n) is 8.64. The minimum absolute atomic E-state index is 0.00101.